The zero-order valence-electron chi connectivity index (χ0n) is 11.8. The van der Waals surface area contributed by atoms with Gasteiger partial charge in [-0.2, -0.15) is 0 Å². The lowest BCUT2D eigenvalue weighted by atomic mass is 10.4. The average molecular weight is 296 g/mol. The van der Waals surface area contributed by atoms with E-state index in [-0.39, 0.29) is 12.4 Å². The molecule has 114 valence electrons. The van der Waals surface area contributed by atoms with E-state index in [1.165, 1.54) is 16.8 Å². The second kappa shape index (κ2) is 6.95. The number of hydrogen-bond acceptors (Lipinski definition) is 7. The van der Waals surface area contributed by atoms with Crippen molar-refractivity contribution < 1.29 is 18.8 Å². The first kappa shape index (κ1) is 15.1. The fourth-order valence-electron chi connectivity index (χ4n) is 1.73. The third-order valence-corrected chi connectivity index (χ3v) is 2.58. The van der Waals surface area contributed by atoms with E-state index < -0.39 is 11.2 Å². The molecule has 0 aliphatic carbocycles. The van der Waals surface area contributed by atoms with Crippen LogP contribution in [0, 0.1) is 10.1 Å². The Labute approximate surface area is 120 Å². The maximum Gasteiger partial charge on any atom is 0.433 e. The topological polar surface area (TPSA) is 105 Å². The summed E-state index contributed by atoms with van der Waals surface area (Å²) >= 11 is 0. The summed E-state index contributed by atoms with van der Waals surface area (Å²) < 4.78 is 17.4. The number of nitrogens with zero attached hydrogens (tertiary/aromatic N) is 4. The molecule has 0 saturated heterocycles. The smallest absolute Gasteiger partial charge is 0.404 e. The Morgan fingerprint density at radius 1 is 1.38 bits per heavy atom. The van der Waals surface area contributed by atoms with Crippen LogP contribution in [0.25, 0.3) is 0 Å². The molecule has 0 radical (unpaired) electrons. The molecule has 0 spiro atoms. The molecule has 0 unspecified atom stereocenters. The highest BCUT2D eigenvalue weighted by Gasteiger charge is 2.17. The Morgan fingerprint density at radius 3 is 2.67 bits per heavy atom. The fraction of sp³-hybridized carbons (Fsp3) is 0.500. The number of ether oxygens (including phenoxy) is 2. The highest BCUT2D eigenvalue weighted by atomic mass is 16.7. The van der Waals surface area contributed by atoms with Gasteiger partial charge in [0.2, 0.25) is 6.29 Å². The molecule has 2 aromatic rings. The monoisotopic (exact) mass is 296 g/mol. The zero-order chi connectivity index (χ0) is 15.2. The van der Waals surface area contributed by atoms with E-state index >= 15 is 0 Å². The Hall–Kier alpha value is -2.26. The summed E-state index contributed by atoms with van der Waals surface area (Å²) in [7, 11) is 0. The molecule has 9 heteroatoms. The minimum absolute atomic E-state index is 0.242. The number of hydrogen-bond donors (Lipinski definition) is 0. The molecule has 0 saturated carbocycles. The molecule has 9 nitrogen and oxygen atoms in total. The van der Waals surface area contributed by atoms with Crippen molar-refractivity contribution in [2.45, 2.75) is 26.7 Å². The van der Waals surface area contributed by atoms with Crippen LogP contribution in [-0.2, 0) is 16.0 Å². The van der Waals surface area contributed by atoms with Gasteiger partial charge in [0.25, 0.3) is 0 Å². The van der Waals surface area contributed by atoms with Gasteiger partial charge in [0.15, 0.2) is 0 Å². The molecular formula is C12H16N4O5. The molecule has 0 aliphatic rings. The fourth-order valence-corrected chi connectivity index (χ4v) is 1.73. The molecular weight excluding hydrogens is 280 g/mol. The Morgan fingerprint density at radius 2 is 2.10 bits per heavy atom. The number of aromatic nitrogens is 3. The predicted molar refractivity (Wildman–Crippen MR) is 70.5 cm³/mol. The second-order valence-electron chi connectivity index (χ2n) is 4.08. The SMILES string of the molecule is CCOC(OCC)c1cn(Cc2ccc([N+](=O)[O-])o2)nn1. The van der Waals surface area contributed by atoms with Crippen LogP contribution >= 0.6 is 0 Å². The van der Waals surface area contributed by atoms with Crippen LogP contribution in [-0.4, -0.2) is 33.1 Å². The molecule has 0 fully saturated rings. The van der Waals surface area contributed by atoms with Gasteiger partial charge in [0, 0.05) is 13.2 Å². The zero-order valence-corrected chi connectivity index (χ0v) is 11.8. The van der Waals surface area contributed by atoms with Crippen molar-refractivity contribution in [3.63, 3.8) is 0 Å². The Balaban J connectivity index is 2.06. The van der Waals surface area contributed by atoms with Crippen molar-refractivity contribution in [3.8, 4) is 0 Å². The van der Waals surface area contributed by atoms with Crippen molar-refractivity contribution in [2.75, 3.05) is 13.2 Å². The van der Waals surface area contributed by atoms with Gasteiger partial charge in [-0.3, -0.25) is 10.1 Å². The van der Waals surface area contributed by atoms with Crippen LogP contribution in [0.5, 0.6) is 0 Å². The lowest BCUT2D eigenvalue weighted by Crippen LogP contribution is -2.09. The summed E-state index contributed by atoms with van der Waals surface area (Å²) in [6.07, 6.45) is 1.09. The predicted octanol–water partition coefficient (Wildman–Crippen LogP) is 1.90. The average Bonchev–Trinajstić information content (AvgIpc) is 3.08. The van der Waals surface area contributed by atoms with E-state index in [0.717, 1.165) is 0 Å². The number of nitro groups is 1. The van der Waals surface area contributed by atoms with Gasteiger partial charge in [-0.15, -0.1) is 5.10 Å². The van der Waals surface area contributed by atoms with Crippen LogP contribution in [0.3, 0.4) is 0 Å². The van der Waals surface area contributed by atoms with Crippen LogP contribution in [0.15, 0.2) is 22.7 Å². The van der Waals surface area contributed by atoms with E-state index in [1.54, 1.807) is 6.20 Å². The van der Waals surface area contributed by atoms with Crippen molar-refractivity contribution >= 4 is 5.88 Å². The van der Waals surface area contributed by atoms with E-state index in [9.17, 15) is 10.1 Å². The second-order valence-corrected chi connectivity index (χ2v) is 4.08. The molecule has 0 N–H and O–H groups in total. The summed E-state index contributed by atoms with van der Waals surface area (Å²) in [5.41, 5.74) is 0.541. The number of rotatable bonds is 8. The maximum absolute atomic E-state index is 10.5. The van der Waals surface area contributed by atoms with Gasteiger partial charge in [0.1, 0.15) is 22.9 Å². The number of furan rings is 1. The third-order valence-electron chi connectivity index (χ3n) is 2.58. The van der Waals surface area contributed by atoms with Crippen molar-refractivity contribution in [3.05, 3.63) is 39.9 Å². The Bertz CT molecular complexity index is 588. The highest BCUT2D eigenvalue weighted by molar-refractivity contribution is 5.17. The van der Waals surface area contributed by atoms with Gasteiger partial charge in [-0.05, 0) is 19.9 Å². The van der Waals surface area contributed by atoms with Crippen molar-refractivity contribution in [1.82, 2.24) is 15.0 Å². The van der Waals surface area contributed by atoms with Crippen molar-refractivity contribution in [1.29, 1.82) is 0 Å². The summed E-state index contributed by atoms with van der Waals surface area (Å²) in [5, 5.41) is 18.5. The minimum atomic E-state index is -0.587. The van der Waals surface area contributed by atoms with E-state index in [1.807, 2.05) is 13.8 Å². The molecule has 0 bridgehead atoms. The maximum atomic E-state index is 10.5. The molecule has 2 heterocycles. The summed E-state index contributed by atoms with van der Waals surface area (Å²) in [4.78, 5) is 9.96. The molecule has 0 amide bonds. The molecule has 2 rings (SSSR count). The van der Waals surface area contributed by atoms with Crippen LogP contribution in [0.4, 0.5) is 5.88 Å². The van der Waals surface area contributed by atoms with Crippen molar-refractivity contribution in [2.24, 2.45) is 0 Å². The summed E-state index contributed by atoms with van der Waals surface area (Å²) in [6.45, 7) is 4.94. The largest absolute Gasteiger partial charge is 0.433 e. The molecule has 0 aliphatic heterocycles. The summed E-state index contributed by atoms with van der Waals surface area (Å²) in [6, 6.07) is 2.83. The standard InChI is InChI=1S/C12H16N4O5/c1-3-19-12(20-4-2)10-8-15(14-13-10)7-9-5-6-11(21-9)16(17)18/h5-6,8,12H,3-4,7H2,1-2H3. The van der Waals surface area contributed by atoms with Gasteiger partial charge in [0.05, 0.1) is 12.3 Å². The molecule has 0 atom stereocenters. The Kier molecular flexibility index (Phi) is 5.01. The lowest BCUT2D eigenvalue weighted by molar-refractivity contribution is -0.402. The third kappa shape index (κ3) is 3.86. The van der Waals surface area contributed by atoms with Crippen LogP contribution in [0.1, 0.15) is 31.6 Å². The van der Waals surface area contributed by atoms with Crippen LogP contribution < -0.4 is 0 Å². The normalized spacial score (nSPS) is 11.2. The quantitative estimate of drug-likeness (QED) is 0.416. The first-order valence-corrected chi connectivity index (χ1v) is 6.50. The van der Waals surface area contributed by atoms with Gasteiger partial charge < -0.3 is 13.9 Å². The van der Waals surface area contributed by atoms with Gasteiger partial charge in [-0.1, -0.05) is 5.21 Å². The molecule has 2 aromatic heterocycles. The molecule has 0 aromatic carbocycles. The van der Waals surface area contributed by atoms with Gasteiger partial charge in [-0.25, -0.2) is 4.68 Å². The first-order chi connectivity index (χ1) is 10.1. The minimum Gasteiger partial charge on any atom is -0.404 e. The lowest BCUT2D eigenvalue weighted by Gasteiger charge is -2.13. The van der Waals surface area contributed by atoms with E-state index in [0.29, 0.717) is 24.7 Å². The summed E-state index contributed by atoms with van der Waals surface area (Å²) in [5.74, 6) is 0.120. The molecule has 21 heavy (non-hydrogen) atoms. The van der Waals surface area contributed by atoms with E-state index in [2.05, 4.69) is 10.3 Å². The highest BCUT2D eigenvalue weighted by Crippen LogP contribution is 2.18. The van der Waals surface area contributed by atoms with Gasteiger partial charge >= 0.3 is 5.88 Å². The first-order valence-electron chi connectivity index (χ1n) is 6.50. The van der Waals surface area contributed by atoms with Crippen LogP contribution in [0.2, 0.25) is 0 Å². The van der Waals surface area contributed by atoms with E-state index in [4.69, 9.17) is 13.9 Å².